The van der Waals surface area contributed by atoms with Crippen LogP contribution in [0.2, 0.25) is 0 Å². The van der Waals surface area contributed by atoms with Crippen LogP contribution in [0.5, 0.6) is 0 Å². The largest absolute Gasteiger partial charge is 0.495 e. The Morgan fingerprint density at radius 3 is 2.65 bits per heavy atom. The first-order valence-corrected chi connectivity index (χ1v) is 6.48. The zero-order valence-corrected chi connectivity index (χ0v) is 10.5. The smallest absolute Gasteiger partial charge is 0.147 e. The number of benzene rings is 1. The fourth-order valence-electron chi connectivity index (χ4n) is 2.11. The monoisotopic (exact) mass is 252 g/mol. The fourth-order valence-corrected chi connectivity index (χ4v) is 2.38. The number of allylic oxidation sites excluding steroid dienone is 1. The zero-order valence-electron chi connectivity index (χ0n) is 9.73. The lowest BCUT2D eigenvalue weighted by molar-refractivity contribution is -0.00195. The van der Waals surface area contributed by atoms with Gasteiger partial charge in [0.2, 0.25) is 0 Å². The average molecular weight is 253 g/mol. The Hall–Kier alpha value is -0.990. The van der Waals surface area contributed by atoms with Crippen LogP contribution in [-0.2, 0) is 10.3 Å². The van der Waals surface area contributed by atoms with Gasteiger partial charge in [-0.25, -0.2) is 0 Å². The van der Waals surface area contributed by atoms with Gasteiger partial charge in [0.05, 0.1) is 6.61 Å². The Bertz CT molecular complexity index is 388. The van der Waals surface area contributed by atoms with E-state index in [0.717, 1.165) is 18.4 Å². The molecule has 1 aromatic rings. The number of halogens is 1. The third-order valence-corrected chi connectivity index (χ3v) is 3.24. The van der Waals surface area contributed by atoms with Gasteiger partial charge in [0.15, 0.2) is 0 Å². The van der Waals surface area contributed by atoms with Crippen molar-refractivity contribution in [3.05, 3.63) is 47.7 Å². The van der Waals surface area contributed by atoms with Crippen LogP contribution in [-0.4, -0.2) is 17.6 Å². The molecule has 1 aliphatic heterocycles. The van der Waals surface area contributed by atoms with Crippen molar-refractivity contribution in [2.75, 3.05) is 12.5 Å². The SMILES string of the molecule is OC(CCCl)(C1=CCCCO1)c1ccccc1. The minimum atomic E-state index is -1.08. The summed E-state index contributed by atoms with van der Waals surface area (Å²) in [5.74, 6) is 1.04. The Balaban J connectivity index is 2.35. The number of hydrogen-bond acceptors (Lipinski definition) is 2. The summed E-state index contributed by atoms with van der Waals surface area (Å²) in [5, 5.41) is 10.8. The van der Waals surface area contributed by atoms with Gasteiger partial charge in [-0.15, -0.1) is 11.6 Å². The molecule has 1 atom stereocenters. The lowest BCUT2D eigenvalue weighted by Crippen LogP contribution is -2.31. The highest BCUT2D eigenvalue weighted by atomic mass is 35.5. The third-order valence-electron chi connectivity index (χ3n) is 3.05. The summed E-state index contributed by atoms with van der Waals surface area (Å²) in [5.41, 5.74) is -0.238. The molecule has 1 N–H and O–H groups in total. The normalized spacial score (nSPS) is 19.1. The molecule has 0 spiro atoms. The van der Waals surface area contributed by atoms with E-state index in [1.54, 1.807) is 0 Å². The predicted molar refractivity (Wildman–Crippen MR) is 68.9 cm³/mol. The predicted octanol–water partition coefficient (Wildman–Crippen LogP) is 3.20. The van der Waals surface area contributed by atoms with Crippen LogP contribution in [0.15, 0.2) is 42.2 Å². The molecule has 3 heteroatoms. The van der Waals surface area contributed by atoms with Gasteiger partial charge in [0.1, 0.15) is 11.4 Å². The van der Waals surface area contributed by atoms with Crippen molar-refractivity contribution in [2.24, 2.45) is 0 Å². The molecule has 2 rings (SSSR count). The van der Waals surface area contributed by atoms with E-state index < -0.39 is 5.60 Å². The summed E-state index contributed by atoms with van der Waals surface area (Å²) in [6.45, 7) is 0.670. The minimum absolute atomic E-state index is 0.395. The van der Waals surface area contributed by atoms with E-state index in [0.29, 0.717) is 24.7 Å². The standard InChI is InChI=1S/C14H17ClO2/c15-10-9-14(16,12-6-2-1-3-7-12)13-8-4-5-11-17-13/h1-3,6-8,16H,4-5,9-11H2. The topological polar surface area (TPSA) is 29.5 Å². The number of rotatable bonds is 4. The third kappa shape index (κ3) is 2.64. The van der Waals surface area contributed by atoms with Crippen molar-refractivity contribution in [3.8, 4) is 0 Å². The number of ether oxygens (including phenoxy) is 1. The first-order valence-electron chi connectivity index (χ1n) is 5.94. The molecular weight excluding hydrogens is 236 g/mol. The average Bonchev–Trinajstić information content (AvgIpc) is 2.41. The molecule has 0 saturated carbocycles. The van der Waals surface area contributed by atoms with Gasteiger partial charge in [0, 0.05) is 12.3 Å². The highest BCUT2D eigenvalue weighted by Gasteiger charge is 2.35. The second-order valence-electron chi connectivity index (χ2n) is 4.22. The van der Waals surface area contributed by atoms with E-state index in [2.05, 4.69) is 0 Å². The van der Waals surface area contributed by atoms with Crippen molar-refractivity contribution < 1.29 is 9.84 Å². The minimum Gasteiger partial charge on any atom is -0.495 e. The van der Waals surface area contributed by atoms with Gasteiger partial charge in [-0.3, -0.25) is 0 Å². The van der Waals surface area contributed by atoms with Gasteiger partial charge in [0.25, 0.3) is 0 Å². The van der Waals surface area contributed by atoms with E-state index in [1.165, 1.54) is 0 Å². The molecular formula is C14H17ClO2. The quantitative estimate of drug-likeness (QED) is 0.834. The van der Waals surface area contributed by atoms with Crippen LogP contribution in [0.1, 0.15) is 24.8 Å². The molecule has 92 valence electrons. The summed E-state index contributed by atoms with van der Waals surface area (Å²) in [6.07, 6.45) is 4.40. The maximum atomic E-state index is 10.8. The summed E-state index contributed by atoms with van der Waals surface area (Å²) >= 11 is 5.81. The molecule has 0 fully saturated rings. The van der Waals surface area contributed by atoms with Gasteiger partial charge in [-0.1, -0.05) is 30.3 Å². The molecule has 1 aromatic carbocycles. The van der Waals surface area contributed by atoms with Crippen molar-refractivity contribution in [1.82, 2.24) is 0 Å². The lowest BCUT2D eigenvalue weighted by Gasteiger charge is -2.32. The van der Waals surface area contributed by atoms with Crippen LogP contribution in [0.25, 0.3) is 0 Å². The highest BCUT2D eigenvalue weighted by molar-refractivity contribution is 6.17. The first-order chi connectivity index (χ1) is 8.27. The van der Waals surface area contributed by atoms with E-state index in [9.17, 15) is 5.11 Å². The Kier molecular flexibility index (Phi) is 4.08. The molecule has 1 heterocycles. The molecule has 17 heavy (non-hydrogen) atoms. The van der Waals surface area contributed by atoms with Crippen LogP contribution in [0.4, 0.5) is 0 Å². The maximum Gasteiger partial charge on any atom is 0.147 e. The van der Waals surface area contributed by atoms with Crippen LogP contribution >= 0.6 is 11.6 Å². The van der Waals surface area contributed by atoms with Crippen LogP contribution in [0, 0.1) is 0 Å². The molecule has 1 unspecified atom stereocenters. The molecule has 0 radical (unpaired) electrons. The van der Waals surface area contributed by atoms with E-state index >= 15 is 0 Å². The summed E-state index contributed by atoms with van der Waals surface area (Å²) in [6, 6.07) is 9.58. The van der Waals surface area contributed by atoms with E-state index in [-0.39, 0.29) is 0 Å². The van der Waals surface area contributed by atoms with Gasteiger partial charge < -0.3 is 9.84 Å². The van der Waals surface area contributed by atoms with E-state index in [1.807, 2.05) is 36.4 Å². The molecule has 0 aromatic heterocycles. The molecule has 1 aliphatic rings. The number of hydrogen-bond donors (Lipinski definition) is 1. The van der Waals surface area contributed by atoms with Gasteiger partial charge >= 0.3 is 0 Å². The van der Waals surface area contributed by atoms with Crippen LogP contribution < -0.4 is 0 Å². The summed E-state index contributed by atoms with van der Waals surface area (Å²) < 4.78 is 5.60. The van der Waals surface area contributed by atoms with Crippen molar-refractivity contribution in [1.29, 1.82) is 0 Å². The van der Waals surface area contributed by atoms with Gasteiger partial charge in [-0.05, 0) is 24.5 Å². The zero-order chi connectivity index (χ0) is 12.1. The number of aliphatic hydroxyl groups is 1. The second kappa shape index (κ2) is 5.56. The van der Waals surface area contributed by atoms with Gasteiger partial charge in [-0.2, -0.15) is 0 Å². The Morgan fingerprint density at radius 2 is 2.06 bits per heavy atom. The first kappa shape index (κ1) is 12.5. The molecule has 0 amide bonds. The maximum absolute atomic E-state index is 10.8. The Morgan fingerprint density at radius 1 is 1.29 bits per heavy atom. The summed E-state index contributed by atoms with van der Waals surface area (Å²) in [7, 11) is 0. The fraction of sp³-hybridized carbons (Fsp3) is 0.429. The molecule has 2 nitrogen and oxygen atoms in total. The highest BCUT2D eigenvalue weighted by Crippen LogP contribution is 2.35. The summed E-state index contributed by atoms with van der Waals surface area (Å²) in [4.78, 5) is 0. The van der Waals surface area contributed by atoms with Crippen LogP contribution in [0.3, 0.4) is 0 Å². The molecule has 0 saturated heterocycles. The second-order valence-corrected chi connectivity index (χ2v) is 4.60. The molecule has 0 aliphatic carbocycles. The molecule has 0 bridgehead atoms. The van der Waals surface area contributed by atoms with Crippen molar-refractivity contribution in [3.63, 3.8) is 0 Å². The van der Waals surface area contributed by atoms with Crippen molar-refractivity contribution >= 4 is 11.6 Å². The van der Waals surface area contributed by atoms with E-state index in [4.69, 9.17) is 16.3 Å². The lowest BCUT2D eigenvalue weighted by atomic mass is 9.88. The number of alkyl halides is 1. The van der Waals surface area contributed by atoms with Crippen molar-refractivity contribution in [2.45, 2.75) is 24.9 Å². The Labute approximate surface area is 107 Å².